The number of alkyl halides is 3. The van der Waals surface area contributed by atoms with E-state index >= 15 is 0 Å². The summed E-state index contributed by atoms with van der Waals surface area (Å²) >= 11 is 4.45. The average Bonchev–Trinajstić information content (AvgIpc) is 2.37. The van der Waals surface area contributed by atoms with Crippen LogP contribution in [0.3, 0.4) is 0 Å². The molecule has 2 rings (SSSR count). The summed E-state index contributed by atoms with van der Waals surface area (Å²) in [6.07, 6.45) is -4.50. The lowest BCUT2D eigenvalue weighted by Crippen LogP contribution is -2.11. The van der Waals surface area contributed by atoms with Crippen LogP contribution >= 0.6 is 27.7 Å². The second-order valence-electron chi connectivity index (χ2n) is 3.72. The summed E-state index contributed by atoms with van der Waals surface area (Å²) in [6, 6.07) is 8.18. The van der Waals surface area contributed by atoms with Crippen LogP contribution in [0.25, 0.3) is 0 Å². The molecule has 0 unspecified atom stereocenters. The molecule has 1 heterocycles. The molecule has 0 radical (unpaired) electrons. The predicted octanol–water partition coefficient (Wildman–Crippen LogP) is 4.45. The van der Waals surface area contributed by atoms with Crippen molar-refractivity contribution >= 4 is 33.6 Å². The van der Waals surface area contributed by atoms with Gasteiger partial charge in [-0.3, -0.25) is 0 Å². The zero-order valence-corrected chi connectivity index (χ0v) is 12.6. The number of hydrogen-bond donors (Lipinski definition) is 1. The molecule has 0 saturated heterocycles. The van der Waals surface area contributed by atoms with E-state index in [1.54, 1.807) is 18.2 Å². The Labute approximate surface area is 126 Å². The number of nitrogens with one attached hydrogen (secondary N) is 1. The average molecular weight is 364 g/mol. The van der Waals surface area contributed by atoms with E-state index in [2.05, 4.69) is 31.2 Å². The zero-order chi connectivity index (χ0) is 14.8. The lowest BCUT2D eigenvalue weighted by Gasteiger charge is -2.10. The molecule has 0 aliphatic heterocycles. The van der Waals surface area contributed by atoms with Crippen molar-refractivity contribution in [2.75, 3.05) is 12.4 Å². The molecule has 1 aromatic heterocycles. The molecule has 0 amide bonds. The third-order valence-corrected chi connectivity index (χ3v) is 3.64. The first-order chi connectivity index (χ1) is 9.38. The smallest absolute Gasteiger partial charge is 0.357 e. The maximum Gasteiger partial charge on any atom is 0.433 e. The van der Waals surface area contributed by atoms with Crippen molar-refractivity contribution in [1.29, 1.82) is 0 Å². The molecule has 0 aliphatic rings. The van der Waals surface area contributed by atoms with Crippen molar-refractivity contribution in [2.45, 2.75) is 16.1 Å². The Morgan fingerprint density at radius 2 is 1.95 bits per heavy atom. The molecule has 106 valence electrons. The molecule has 2 aromatic rings. The molecule has 8 heteroatoms. The van der Waals surface area contributed by atoms with Crippen LogP contribution in [0.2, 0.25) is 0 Å². The molecule has 1 aromatic carbocycles. The number of halogens is 4. The Hall–Kier alpha value is -1.28. The molecule has 20 heavy (non-hydrogen) atoms. The lowest BCUT2D eigenvalue weighted by molar-refractivity contribution is -0.141. The van der Waals surface area contributed by atoms with E-state index in [1.807, 2.05) is 6.07 Å². The molecule has 0 spiro atoms. The van der Waals surface area contributed by atoms with E-state index in [9.17, 15) is 13.2 Å². The summed E-state index contributed by atoms with van der Waals surface area (Å²) in [7, 11) is 1.48. The van der Waals surface area contributed by atoms with Crippen molar-refractivity contribution in [3.63, 3.8) is 0 Å². The number of nitrogens with zero attached hydrogens (tertiary/aromatic N) is 2. The SMILES string of the molecule is CNc1nc(Sc2cccc(Br)c2)cc(C(F)(F)F)n1. The van der Waals surface area contributed by atoms with Crippen LogP contribution in [-0.4, -0.2) is 17.0 Å². The fraction of sp³-hybridized carbons (Fsp3) is 0.167. The molecule has 0 saturated carbocycles. The second-order valence-corrected chi connectivity index (χ2v) is 5.73. The zero-order valence-electron chi connectivity index (χ0n) is 10.2. The van der Waals surface area contributed by atoms with E-state index in [-0.39, 0.29) is 11.0 Å². The van der Waals surface area contributed by atoms with Gasteiger partial charge in [0.1, 0.15) is 5.03 Å². The Kier molecular flexibility index (Phi) is 4.54. The number of aromatic nitrogens is 2. The van der Waals surface area contributed by atoms with Gasteiger partial charge in [-0.15, -0.1) is 0 Å². The Morgan fingerprint density at radius 3 is 2.55 bits per heavy atom. The van der Waals surface area contributed by atoms with Gasteiger partial charge >= 0.3 is 6.18 Å². The fourth-order valence-corrected chi connectivity index (χ4v) is 2.81. The van der Waals surface area contributed by atoms with E-state index in [0.29, 0.717) is 0 Å². The summed E-state index contributed by atoms with van der Waals surface area (Å²) in [4.78, 5) is 8.21. The highest BCUT2D eigenvalue weighted by molar-refractivity contribution is 9.10. The van der Waals surface area contributed by atoms with E-state index in [1.165, 1.54) is 7.05 Å². The molecule has 0 aliphatic carbocycles. The summed E-state index contributed by atoms with van der Waals surface area (Å²) in [6.45, 7) is 0. The van der Waals surface area contributed by atoms with Gasteiger partial charge in [-0.2, -0.15) is 13.2 Å². The Morgan fingerprint density at radius 1 is 1.20 bits per heavy atom. The maximum atomic E-state index is 12.8. The van der Waals surface area contributed by atoms with Crippen LogP contribution in [-0.2, 0) is 6.18 Å². The van der Waals surface area contributed by atoms with E-state index in [4.69, 9.17) is 0 Å². The molecular weight excluding hydrogens is 355 g/mol. The van der Waals surface area contributed by atoms with Crippen LogP contribution in [0.1, 0.15) is 5.69 Å². The van der Waals surface area contributed by atoms with Crippen LogP contribution in [0, 0.1) is 0 Å². The van der Waals surface area contributed by atoms with Crippen LogP contribution < -0.4 is 5.32 Å². The van der Waals surface area contributed by atoms with Gasteiger partial charge in [-0.25, -0.2) is 9.97 Å². The third kappa shape index (κ3) is 3.86. The monoisotopic (exact) mass is 363 g/mol. The van der Waals surface area contributed by atoms with E-state index in [0.717, 1.165) is 27.2 Å². The fourth-order valence-electron chi connectivity index (χ4n) is 1.39. The van der Waals surface area contributed by atoms with Gasteiger partial charge in [0.05, 0.1) is 0 Å². The van der Waals surface area contributed by atoms with Crippen LogP contribution in [0.5, 0.6) is 0 Å². The minimum Gasteiger partial charge on any atom is -0.357 e. The van der Waals surface area contributed by atoms with Gasteiger partial charge in [-0.05, 0) is 18.2 Å². The van der Waals surface area contributed by atoms with E-state index < -0.39 is 11.9 Å². The van der Waals surface area contributed by atoms with Crippen molar-refractivity contribution in [2.24, 2.45) is 0 Å². The van der Waals surface area contributed by atoms with Crippen LogP contribution in [0.15, 0.2) is 44.7 Å². The Balaban J connectivity index is 2.36. The van der Waals surface area contributed by atoms with Gasteiger partial charge in [0.15, 0.2) is 5.69 Å². The first kappa shape index (κ1) is 15.1. The highest BCUT2D eigenvalue weighted by atomic mass is 79.9. The standard InChI is InChI=1S/C12H9BrF3N3S/c1-17-11-18-9(12(14,15)16)6-10(19-11)20-8-4-2-3-7(13)5-8/h2-6H,1H3,(H,17,18,19). The van der Waals surface area contributed by atoms with Gasteiger partial charge in [-0.1, -0.05) is 33.8 Å². The van der Waals surface area contributed by atoms with Crippen molar-refractivity contribution in [1.82, 2.24) is 9.97 Å². The molecule has 3 nitrogen and oxygen atoms in total. The summed E-state index contributed by atoms with van der Waals surface area (Å²) in [5.41, 5.74) is -0.964. The molecular formula is C12H9BrF3N3S. The summed E-state index contributed by atoms with van der Waals surface area (Å²) in [5.74, 6) is -0.0580. The number of rotatable bonds is 3. The highest BCUT2D eigenvalue weighted by Gasteiger charge is 2.33. The molecule has 0 atom stereocenters. The largest absolute Gasteiger partial charge is 0.433 e. The lowest BCUT2D eigenvalue weighted by atomic mass is 10.4. The topological polar surface area (TPSA) is 37.8 Å². The quantitative estimate of drug-likeness (QED) is 0.817. The minimum atomic E-state index is -4.50. The first-order valence-electron chi connectivity index (χ1n) is 5.46. The van der Waals surface area contributed by atoms with Gasteiger partial charge < -0.3 is 5.32 Å². The summed E-state index contributed by atoms with van der Waals surface area (Å²) in [5, 5.41) is 2.76. The maximum absolute atomic E-state index is 12.8. The van der Waals surface area contributed by atoms with Crippen molar-refractivity contribution < 1.29 is 13.2 Å². The summed E-state index contributed by atoms with van der Waals surface area (Å²) < 4.78 is 39.1. The van der Waals surface area contributed by atoms with Crippen molar-refractivity contribution in [3.05, 3.63) is 40.5 Å². The van der Waals surface area contributed by atoms with Crippen LogP contribution in [0.4, 0.5) is 19.1 Å². The number of hydrogen-bond acceptors (Lipinski definition) is 4. The minimum absolute atomic E-state index is 0.0580. The molecule has 0 bridgehead atoms. The van der Waals surface area contributed by atoms with Gasteiger partial charge in [0.25, 0.3) is 0 Å². The number of anilines is 1. The third-order valence-electron chi connectivity index (χ3n) is 2.24. The molecule has 0 fully saturated rings. The second kappa shape index (κ2) is 6.01. The normalized spacial score (nSPS) is 11.4. The Bertz CT molecular complexity index is 619. The molecule has 1 N–H and O–H groups in total. The predicted molar refractivity (Wildman–Crippen MR) is 74.8 cm³/mol. The van der Waals surface area contributed by atoms with Gasteiger partial charge in [0, 0.05) is 22.5 Å². The van der Waals surface area contributed by atoms with Gasteiger partial charge in [0.2, 0.25) is 5.95 Å². The first-order valence-corrected chi connectivity index (χ1v) is 7.07. The van der Waals surface area contributed by atoms with Crippen molar-refractivity contribution in [3.8, 4) is 0 Å². The number of benzene rings is 1. The highest BCUT2D eigenvalue weighted by Crippen LogP contribution is 2.33.